The minimum atomic E-state index is -0.506. The highest BCUT2D eigenvalue weighted by Crippen LogP contribution is 2.28. The number of hydrogen-bond acceptors (Lipinski definition) is 4. The number of rotatable bonds is 5. The molecule has 0 aromatic heterocycles. The Labute approximate surface area is 150 Å². The molecule has 7 nitrogen and oxygen atoms in total. The standard InChI is InChI=1S/C19H19N3O4/c1-2-13-6-8-15(9-7-13)20-19(24)14-10-18(23)21(12-14)16-4-3-5-17(11-16)22(25)26/h3-9,11,14H,2,10,12H2,1H3,(H,20,24). The highest BCUT2D eigenvalue weighted by molar-refractivity contribution is 6.03. The number of hydrogen-bond donors (Lipinski definition) is 1. The third-order valence-corrected chi connectivity index (χ3v) is 4.48. The summed E-state index contributed by atoms with van der Waals surface area (Å²) in [5, 5.41) is 13.7. The van der Waals surface area contributed by atoms with Gasteiger partial charge in [0, 0.05) is 30.8 Å². The van der Waals surface area contributed by atoms with E-state index in [0.717, 1.165) is 6.42 Å². The average Bonchev–Trinajstić information content (AvgIpc) is 3.04. The van der Waals surface area contributed by atoms with E-state index in [1.54, 1.807) is 6.07 Å². The summed E-state index contributed by atoms with van der Waals surface area (Å²) in [6, 6.07) is 13.5. The molecule has 134 valence electrons. The van der Waals surface area contributed by atoms with E-state index in [9.17, 15) is 19.7 Å². The number of non-ortho nitro benzene ring substituents is 1. The van der Waals surface area contributed by atoms with Gasteiger partial charge in [0.05, 0.1) is 16.5 Å². The third kappa shape index (κ3) is 3.72. The van der Waals surface area contributed by atoms with E-state index >= 15 is 0 Å². The maximum atomic E-state index is 12.5. The molecule has 1 fully saturated rings. The molecule has 26 heavy (non-hydrogen) atoms. The van der Waals surface area contributed by atoms with Gasteiger partial charge >= 0.3 is 0 Å². The number of nitro groups is 1. The first-order chi connectivity index (χ1) is 12.5. The molecule has 1 aliphatic heterocycles. The molecule has 1 atom stereocenters. The normalized spacial score (nSPS) is 16.6. The molecule has 2 aromatic carbocycles. The van der Waals surface area contributed by atoms with Gasteiger partial charge in [0.2, 0.25) is 11.8 Å². The predicted octanol–water partition coefficient (Wildman–Crippen LogP) is 3.15. The molecule has 1 heterocycles. The van der Waals surface area contributed by atoms with Crippen molar-refractivity contribution in [2.75, 3.05) is 16.8 Å². The fourth-order valence-electron chi connectivity index (χ4n) is 2.98. The van der Waals surface area contributed by atoms with E-state index in [0.29, 0.717) is 11.4 Å². The maximum Gasteiger partial charge on any atom is 0.271 e. The predicted molar refractivity (Wildman–Crippen MR) is 98.0 cm³/mol. The van der Waals surface area contributed by atoms with Crippen molar-refractivity contribution in [2.45, 2.75) is 19.8 Å². The molecule has 0 aliphatic carbocycles. The van der Waals surface area contributed by atoms with Crippen LogP contribution in [0.25, 0.3) is 0 Å². The second kappa shape index (κ2) is 7.35. The van der Waals surface area contributed by atoms with Crippen LogP contribution in [0.5, 0.6) is 0 Å². The molecule has 1 unspecified atom stereocenters. The van der Waals surface area contributed by atoms with Crippen molar-refractivity contribution >= 4 is 28.9 Å². The van der Waals surface area contributed by atoms with Crippen LogP contribution in [-0.2, 0) is 16.0 Å². The topological polar surface area (TPSA) is 92.6 Å². The summed E-state index contributed by atoms with van der Waals surface area (Å²) < 4.78 is 0. The second-order valence-corrected chi connectivity index (χ2v) is 6.22. The molecule has 1 N–H and O–H groups in total. The number of nitro benzene ring substituents is 1. The fourth-order valence-corrected chi connectivity index (χ4v) is 2.98. The van der Waals surface area contributed by atoms with E-state index in [-0.39, 0.29) is 30.5 Å². The molecule has 1 saturated heterocycles. The molecular weight excluding hydrogens is 334 g/mol. The smallest absolute Gasteiger partial charge is 0.271 e. The molecule has 0 spiro atoms. The molecule has 0 saturated carbocycles. The second-order valence-electron chi connectivity index (χ2n) is 6.22. The quantitative estimate of drug-likeness (QED) is 0.660. The first-order valence-corrected chi connectivity index (χ1v) is 8.42. The lowest BCUT2D eigenvalue weighted by Gasteiger charge is -2.16. The van der Waals surface area contributed by atoms with Crippen molar-refractivity contribution < 1.29 is 14.5 Å². The van der Waals surface area contributed by atoms with Crippen LogP contribution in [0.15, 0.2) is 48.5 Å². The van der Waals surface area contributed by atoms with Crippen LogP contribution in [0.1, 0.15) is 18.9 Å². The Hall–Kier alpha value is -3.22. The van der Waals surface area contributed by atoms with Crippen LogP contribution < -0.4 is 10.2 Å². The SMILES string of the molecule is CCc1ccc(NC(=O)C2CC(=O)N(c3cccc([N+](=O)[O-])c3)C2)cc1. The van der Waals surface area contributed by atoms with E-state index < -0.39 is 10.8 Å². The number of amides is 2. The highest BCUT2D eigenvalue weighted by atomic mass is 16.6. The van der Waals surface area contributed by atoms with Crippen LogP contribution in [0, 0.1) is 16.0 Å². The van der Waals surface area contributed by atoms with Crippen molar-refractivity contribution in [3.8, 4) is 0 Å². The summed E-state index contributed by atoms with van der Waals surface area (Å²) in [4.78, 5) is 36.6. The van der Waals surface area contributed by atoms with Crippen molar-refractivity contribution in [3.05, 3.63) is 64.2 Å². The van der Waals surface area contributed by atoms with Gasteiger partial charge in [-0.15, -0.1) is 0 Å². The van der Waals surface area contributed by atoms with E-state index in [2.05, 4.69) is 12.2 Å². The summed E-state index contributed by atoms with van der Waals surface area (Å²) in [6.07, 6.45) is 1.01. The molecule has 0 radical (unpaired) electrons. The lowest BCUT2D eigenvalue weighted by atomic mass is 10.1. The summed E-state index contributed by atoms with van der Waals surface area (Å²) in [5.41, 5.74) is 2.22. The molecule has 2 aromatic rings. The van der Waals surface area contributed by atoms with Crippen LogP contribution in [0.2, 0.25) is 0 Å². The van der Waals surface area contributed by atoms with Gasteiger partial charge in [-0.1, -0.05) is 25.1 Å². The summed E-state index contributed by atoms with van der Waals surface area (Å²) in [5.74, 6) is -0.935. The number of nitrogens with zero attached hydrogens (tertiary/aromatic N) is 2. The average molecular weight is 353 g/mol. The first kappa shape index (κ1) is 17.6. The number of aryl methyl sites for hydroxylation is 1. The summed E-state index contributed by atoms with van der Waals surface area (Å²) >= 11 is 0. The number of carbonyl (C=O) groups excluding carboxylic acids is 2. The maximum absolute atomic E-state index is 12.5. The fraction of sp³-hybridized carbons (Fsp3) is 0.263. The van der Waals surface area contributed by atoms with Crippen molar-refractivity contribution in [1.82, 2.24) is 0 Å². The van der Waals surface area contributed by atoms with Crippen LogP contribution in [0.3, 0.4) is 0 Å². The molecule has 0 bridgehead atoms. The van der Waals surface area contributed by atoms with Gasteiger partial charge in [0.1, 0.15) is 0 Å². The van der Waals surface area contributed by atoms with Crippen molar-refractivity contribution in [3.63, 3.8) is 0 Å². The molecule has 7 heteroatoms. The number of carbonyl (C=O) groups is 2. The lowest BCUT2D eigenvalue weighted by molar-refractivity contribution is -0.384. The monoisotopic (exact) mass is 353 g/mol. The van der Waals surface area contributed by atoms with Crippen LogP contribution in [0.4, 0.5) is 17.1 Å². The lowest BCUT2D eigenvalue weighted by Crippen LogP contribution is -2.28. The van der Waals surface area contributed by atoms with Gasteiger partial charge in [-0.05, 0) is 30.2 Å². The third-order valence-electron chi connectivity index (χ3n) is 4.48. The minimum Gasteiger partial charge on any atom is -0.326 e. The zero-order valence-electron chi connectivity index (χ0n) is 14.3. The molecular formula is C19H19N3O4. The van der Waals surface area contributed by atoms with Gasteiger partial charge in [0.25, 0.3) is 5.69 Å². The Kier molecular flexibility index (Phi) is 4.97. The van der Waals surface area contributed by atoms with E-state index in [4.69, 9.17) is 0 Å². The molecule has 1 aliphatic rings. The number of benzene rings is 2. The summed E-state index contributed by atoms with van der Waals surface area (Å²) in [7, 11) is 0. The largest absolute Gasteiger partial charge is 0.326 e. The van der Waals surface area contributed by atoms with Crippen molar-refractivity contribution in [1.29, 1.82) is 0 Å². The van der Waals surface area contributed by atoms with Crippen LogP contribution in [-0.4, -0.2) is 23.3 Å². The van der Waals surface area contributed by atoms with Crippen LogP contribution >= 0.6 is 0 Å². The Morgan fingerprint density at radius 1 is 1.27 bits per heavy atom. The summed E-state index contributed by atoms with van der Waals surface area (Å²) in [6.45, 7) is 2.26. The Bertz CT molecular complexity index is 848. The van der Waals surface area contributed by atoms with Gasteiger partial charge in [-0.2, -0.15) is 0 Å². The van der Waals surface area contributed by atoms with Gasteiger partial charge in [-0.3, -0.25) is 19.7 Å². The zero-order valence-corrected chi connectivity index (χ0v) is 14.3. The molecule has 3 rings (SSSR count). The van der Waals surface area contributed by atoms with Crippen molar-refractivity contribution in [2.24, 2.45) is 5.92 Å². The van der Waals surface area contributed by atoms with E-state index in [1.807, 2.05) is 24.3 Å². The van der Waals surface area contributed by atoms with Gasteiger partial charge in [0.15, 0.2) is 0 Å². The first-order valence-electron chi connectivity index (χ1n) is 8.42. The zero-order chi connectivity index (χ0) is 18.7. The Balaban J connectivity index is 1.69. The van der Waals surface area contributed by atoms with Gasteiger partial charge in [-0.25, -0.2) is 0 Å². The number of anilines is 2. The minimum absolute atomic E-state index is 0.0841. The Morgan fingerprint density at radius 2 is 2.00 bits per heavy atom. The van der Waals surface area contributed by atoms with Gasteiger partial charge < -0.3 is 10.2 Å². The van der Waals surface area contributed by atoms with E-state index in [1.165, 1.54) is 28.7 Å². The molecule has 2 amide bonds. The Morgan fingerprint density at radius 3 is 2.65 bits per heavy atom. The number of nitrogens with one attached hydrogen (secondary N) is 1. The highest BCUT2D eigenvalue weighted by Gasteiger charge is 2.35.